The van der Waals surface area contributed by atoms with Crippen LogP contribution in [0, 0.1) is 12.7 Å². The lowest BCUT2D eigenvalue weighted by molar-refractivity contribution is 0.561. The Morgan fingerprint density at radius 3 is 2.77 bits per heavy atom. The van der Waals surface area contributed by atoms with E-state index < -0.39 is 5.82 Å². The van der Waals surface area contributed by atoms with Gasteiger partial charge in [0.05, 0.1) is 16.2 Å². The number of benzene rings is 1. The second-order valence-electron chi connectivity index (χ2n) is 6.97. The van der Waals surface area contributed by atoms with Crippen molar-refractivity contribution in [2.75, 3.05) is 31.1 Å². The molecule has 0 radical (unpaired) electrons. The highest BCUT2D eigenvalue weighted by atomic mass is 35.5. The molecule has 3 heterocycles. The normalized spacial score (nSPS) is 18.2. The molecule has 0 bridgehead atoms. The van der Waals surface area contributed by atoms with E-state index in [1.807, 2.05) is 4.90 Å². The number of aryl methyl sites for hydroxylation is 1. The van der Waals surface area contributed by atoms with Gasteiger partial charge < -0.3 is 19.2 Å². The topological polar surface area (TPSA) is 63.3 Å². The number of nitrogens with zero attached hydrogens (tertiary/aromatic N) is 3. The summed E-state index contributed by atoms with van der Waals surface area (Å²) in [4.78, 5) is 19.2. The third-order valence-electron chi connectivity index (χ3n) is 5.15. The van der Waals surface area contributed by atoms with Gasteiger partial charge in [-0.25, -0.2) is 9.37 Å². The van der Waals surface area contributed by atoms with Crippen LogP contribution in [0.15, 0.2) is 15.3 Å². The number of oxazole rings is 1. The molecule has 1 aliphatic heterocycles. The zero-order valence-corrected chi connectivity index (χ0v) is 15.1. The number of pyridine rings is 1. The summed E-state index contributed by atoms with van der Waals surface area (Å²) in [5.41, 5.74) is 1.26. The number of hydrogen-bond acceptors (Lipinski definition) is 5. The van der Waals surface area contributed by atoms with E-state index in [1.165, 1.54) is 6.07 Å². The van der Waals surface area contributed by atoms with Crippen molar-refractivity contribution in [3.05, 3.63) is 33.2 Å². The van der Waals surface area contributed by atoms with Crippen LogP contribution in [0.1, 0.15) is 24.8 Å². The number of fused-ring (bicyclic) bond motifs is 3. The number of piperazine rings is 1. The molecular weight excluding hydrogens is 359 g/mol. The molecular formula is C18H18ClFN4O2. The minimum absolute atomic E-state index is 0.0882. The molecule has 2 aromatic heterocycles. The van der Waals surface area contributed by atoms with Gasteiger partial charge in [0, 0.05) is 44.5 Å². The van der Waals surface area contributed by atoms with Crippen molar-refractivity contribution in [2.24, 2.45) is 0 Å². The fourth-order valence-electron chi connectivity index (χ4n) is 3.84. The number of nitrogens with one attached hydrogen (secondary N) is 1. The maximum absolute atomic E-state index is 15.1. The molecule has 136 valence electrons. The molecule has 1 saturated carbocycles. The smallest absolute Gasteiger partial charge is 0.281 e. The van der Waals surface area contributed by atoms with E-state index in [9.17, 15) is 4.79 Å². The van der Waals surface area contributed by atoms with Crippen molar-refractivity contribution < 1.29 is 8.81 Å². The molecule has 6 nitrogen and oxygen atoms in total. The van der Waals surface area contributed by atoms with Gasteiger partial charge in [-0.2, -0.15) is 0 Å². The number of hydrogen-bond donors (Lipinski definition) is 1. The van der Waals surface area contributed by atoms with Crippen LogP contribution in [-0.2, 0) is 0 Å². The summed E-state index contributed by atoms with van der Waals surface area (Å²) in [6.07, 6.45) is 1.82. The van der Waals surface area contributed by atoms with Gasteiger partial charge in [-0.3, -0.25) is 4.79 Å². The van der Waals surface area contributed by atoms with Crippen molar-refractivity contribution in [1.82, 2.24) is 14.9 Å². The van der Waals surface area contributed by atoms with Crippen LogP contribution in [0.5, 0.6) is 0 Å². The van der Waals surface area contributed by atoms with Crippen LogP contribution < -0.4 is 15.8 Å². The molecule has 26 heavy (non-hydrogen) atoms. The number of rotatable bonds is 2. The largest absolute Gasteiger partial charge is 0.440 e. The van der Waals surface area contributed by atoms with Crippen LogP contribution in [0.25, 0.3) is 22.0 Å². The monoisotopic (exact) mass is 376 g/mol. The van der Waals surface area contributed by atoms with Crippen LogP contribution >= 0.6 is 11.6 Å². The Bertz CT molecular complexity index is 1100. The maximum Gasteiger partial charge on any atom is 0.281 e. The van der Waals surface area contributed by atoms with Crippen molar-refractivity contribution in [1.29, 1.82) is 0 Å². The maximum atomic E-state index is 15.1. The SMILES string of the molecule is Cc1nc2c(=O)n(C3CC3)c3c(Cl)c(N4CCNCC4)c(F)cc3c2o1. The Hall–Kier alpha value is -2.12. The van der Waals surface area contributed by atoms with Gasteiger partial charge >= 0.3 is 0 Å². The van der Waals surface area contributed by atoms with Crippen LogP contribution in [0.4, 0.5) is 10.1 Å². The second kappa shape index (κ2) is 5.69. The highest BCUT2D eigenvalue weighted by Crippen LogP contribution is 2.43. The first-order valence-corrected chi connectivity index (χ1v) is 9.23. The first-order chi connectivity index (χ1) is 12.6. The molecule has 0 amide bonds. The van der Waals surface area contributed by atoms with Crippen LogP contribution in [-0.4, -0.2) is 35.7 Å². The number of aromatic nitrogens is 2. The van der Waals surface area contributed by atoms with Crippen molar-refractivity contribution in [2.45, 2.75) is 25.8 Å². The summed E-state index contributed by atoms with van der Waals surface area (Å²) in [5, 5.41) is 4.04. The lowest BCUT2D eigenvalue weighted by Gasteiger charge is -2.31. The van der Waals surface area contributed by atoms with Gasteiger partial charge in [-0.15, -0.1) is 0 Å². The molecule has 0 unspecified atom stereocenters. The molecule has 2 aliphatic rings. The predicted octanol–water partition coefficient (Wildman–Crippen LogP) is 2.99. The van der Waals surface area contributed by atoms with Gasteiger partial charge in [0.1, 0.15) is 5.82 Å². The minimum atomic E-state index is -0.402. The molecule has 5 rings (SSSR count). The molecule has 3 aromatic rings. The highest BCUT2D eigenvalue weighted by Gasteiger charge is 2.32. The molecule has 1 N–H and O–H groups in total. The van der Waals surface area contributed by atoms with Gasteiger partial charge in [-0.1, -0.05) is 11.6 Å². The standard InChI is InChI=1S/C18H18ClFN4O2/c1-9-22-14-17(26-9)11-8-12(20)16(23-6-4-21-5-7-23)13(19)15(11)24(18(14)25)10-2-3-10/h8,10,21H,2-7H2,1H3. The molecule has 8 heteroatoms. The minimum Gasteiger partial charge on any atom is -0.440 e. The van der Waals surface area contributed by atoms with E-state index in [4.69, 9.17) is 16.0 Å². The number of halogens is 2. The van der Waals surface area contributed by atoms with Crippen LogP contribution in [0.3, 0.4) is 0 Å². The summed E-state index contributed by atoms with van der Waals surface area (Å²) in [6.45, 7) is 4.55. The van der Waals surface area contributed by atoms with E-state index in [0.717, 1.165) is 25.9 Å². The zero-order chi connectivity index (χ0) is 18.0. The quantitative estimate of drug-likeness (QED) is 0.745. The van der Waals surface area contributed by atoms with Crippen LogP contribution in [0.2, 0.25) is 5.02 Å². The summed E-state index contributed by atoms with van der Waals surface area (Å²) in [5.74, 6) is -0.0181. The third kappa shape index (κ3) is 2.27. The molecule has 1 aliphatic carbocycles. The summed E-state index contributed by atoms with van der Waals surface area (Å²) >= 11 is 6.71. The molecule has 0 spiro atoms. The van der Waals surface area contributed by atoms with Gasteiger partial charge in [0.25, 0.3) is 5.56 Å². The highest BCUT2D eigenvalue weighted by molar-refractivity contribution is 6.38. The van der Waals surface area contributed by atoms with Gasteiger partial charge in [-0.05, 0) is 18.9 Å². The van der Waals surface area contributed by atoms with E-state index in [0.29, 0.717) is 41.2 Å². The van der Waals surface area contributed by atoms with E-state index in [2.05, 4.69) is 10.3 Å². The van der Waals surface area contributed by atoms with Gasteiger partial charge in [0.2, 0.25) is 0 Å². The third-order valence-corrected chi connectivity index (χ3v) is 5.51. The predicted molar refractivity (Wildman–Crippen MR) is 98.8 cm³/mol. The lowest BCUT2D eigenvalue weighted by Crippen LogP contribution is -2.44. The Kier molecular flexibility index (Phi) is 3.52. The Labute approximate surface area is 153 Å². The van der Waals surface area contributed by atoms with Crippen molar-refractivity contribution >= 4 is 39.3 Å². The summed E-state index contributed by atoms with van der Waals surface area (Å²) in [6, 6.07) is 1.52. The second-order valence-corrected chi connectivity index (χ2v) is 7.35. The molecule has 2 fully saturated rings. The Morgan fingerprint density at radius 2 is 2.08 bits per heavy atom. The van der Waals surface area contributed by atoms with Crippen molar-refractivity contribution in [3.63, 3.8) is 0 Å². The first kappa shape index (κ1) is 16.1. The Morgan fingerprint density at radius 1 is 1.35 bits per heavy atom. The van der Waals surface area contributed by atoms with Crippen molar-refractivity contribution in [3.8, 4) is 0 Å². The van der Waals surface area contributed by atoms with Gasteiger partial charge in [0.15, 0.2) is 17.0 Å². The fraction of sp³-hybridized carbons (Fsp3) is 0.444. The zero-order valence-electron chi connectivity index (χ0n) is 14.3. The van der Waals surface area contributed by atoms with E-state index >= 15 is 4.39 Å². The summed E-state index contributed by atoms with van der Waals surface area (Å²) in [7, 11) is 0. The average molecular weight is 377 g/mol. The lowest BCUT2D eigenvalue weighted by atomic mass is 10.1. The average Bonchev–Trinajstić information content (AvgIpc) is 3.37. The Balaban J connectivity index is 1.90. The molecule has 1 aromatic carbocycles. The fourth-order valence-corrected chi connectivity index (χ4v) is 4.24. The van der Waals surface area contributed by atoms with E-state index in [-0.39, 0.29) is 22.1 Å². The number of anilines is 1. The molecule has 0 atom stereocenters. The summed E-state index contributed by atoms with van der Waals surface area (Å²) < 4.78 is 22.4. The first-order valence-electron chi connectivity index (χ1n) is 8.85. The van der Waals surface area contributed by atoms with E-state index in [1.54, 1.807) is 11.5 Å². The molecule has 1 saturated heterocycles.